The van der Waals surface area contributed by atoms with Crippen molar-refractivity contribution in [3.8, 4) is 5.88 Å². The van der Waals surface area contributed by atoms with Gasteiger partial charge in [0.2, 0.25) is 0 Å². The Labute approximate surface area is 108 Å². The summed E-state index contributed by atoms with van der Waals surface area (Å²) < 4.78 is 5.52. The maximum Gasteiger partial charge on any atom is 0.359 e. The zero-order chi connectivity index (χ0) is 13.1. The highest BCUT2D eigenvalue weighted by Crippen LogP contribution is 2.15. The Morgan fingerprint density at radius 1 is 1.44 bits per heavy atom. The first kappa shape index (κ1) is 12.4. The summed E-state index contributed by atoms with van der Waals surface area (Å²) in [4.78, 5) is 11.2. The van der Waals surface area contributed by atoms with Crippen molar-refractivity contribution >= 4 is 17.6 Å². The van der Waals surface area contributed by atoms with E-state index in [2.05, 4.69) is 15.0 Å². The van der Waals surface area contributed by atoms with Gasteiger partial charge in [0.05, 0.1) is 13.7 Å². The average Bonchev–Trinajstić information content (AvgIpc) is 2.73. The number of methoxy groups -OCH3 is 1. The molecule has 94 valence electrons. The van der Waals surface area contributed by atoms with Gasteiger partial charge in [0, 0.05) is 10.9 Å². The molecule has 0 radical (unpaired) electrons. The minimum atomic E-state index is -0.789. The van der Waals surface area contributed by atoms with E-state index in [4.69, 9.17) is 11.6 Å². The molecule has 0 fully saturated rings. The molecular weight excluding hydrogens is 258 g/mol. The Morgan fingerprint density at radius 2 is 2.11 bits per heavy atom. The van der Waals surface area contributed by atoms with Crippen LogP contribution < -0.4 is 5.11 Å². The van der Waals surface area contributed by atoms with Gasteiger partial charge in [-0.1, -0.05) is 28.9 Å². The van der Waals surface area contributed by atoms with Crippen molar-refractivity contribution in [1.29, 1.82) is 0 Å². The van der Waals surface area contributed by atoms with E-state index in [1.165, 1.54) is 7.11 Å². The highest BCUT2D eigenvalue weighted by atomic mass is 35.5. The number of aromatic nitrogens is 3. The number of esters is 1. The first-order valence-corrected chi connectivity index (χ1v) is 5.43. The molecule has 0 N–H and O–H groups in total. The van der Waals surface area contributed by atoms with Crippen LogP contribution in [-0.2, 0) is 11.3 Å². The normalized spacial score (nSPS) is 10.3. The summed E-state index contributed by atoms with van der Waals surface area (Å²) in [6, 6.07) is 6.95. The monoisotopic (exact) mass is 266 g/mol. The number of hydrogen-bond acceptors (Lipinski definition) is 5. The molecule has 2 rings (SSSR count). The number of hydrogen-bond donors (Lipinski definition) is 0. The van der Waals surface area contributed by atoms with E-state index in [1.54, 1.807) is 24.3 Å². The second-order valence-corrected chi connectivity index (χ2v) is 3.96. The summed E-state index contributed by atoms with van der Waals surface area (Å²) in [7, 11) is 1.18. The van der Waals surface area contributed by atoms with Crippen molar-refractivity contribution in [1.82, 2.24) is 15.0 Å². The molecule has 0 atom stereocenters. The Balaban J connectivity index is 2.22. The molecule has 0 aliphatic rings. The average molecular weight is 267 g/mol. The van der Waals surface area contributed by atoms with Gasteiger partial charge in [-0.25, -0.2) is 4.79 Å². The zero-order valence-corrected chi connectivity index (χ0v) is 10.2. The maximum absolute atomic E-state index is 11.8. The topological polar surface area (TPSA) is 80.1 Å². The first-order chi connectivity index (χ1) is 8.61. The number of benzene rings is 1. The molecular formula is C11H9ClN3O3-. The highest BCUT2D eigenvalue weighted by Gasteiger charge is 2.13. The second-order valence-electron chi connectivity index (χ2n) is 3.52. The fourth-order valence-corrected chi connectivity index (χ4v) is 1.52. The van der Waals surface area contributed by atoms with Gasteiger partial charge < -0.3 is 9.84 Å². The molecule has 0 amide bonds. The minimum Gasteiger partial charge on any atom is -0.857 e. The van der Waals surface area contributed by atoms with Crippen LogP contribution in [0.3, 0.4) is 0 Å². The Morgan fingerprint density at radius 3 is 2.72 bits per heavy atom. The molecule has 0 bridgehead atoms. The lowest BCUT2D eigenvalue weighted by Gasteiger charge is -2.10. The third-order valence-electron chi connectivity index (χ3n) is 2.31. The third-order valence-corrected chi connectivity index (χ3v) is 2.57. The molecule has 1 aromatic carbocycles. The Kier molecular flexibility index (Phi) is 3.47. The van der Waals surface area contributed by atoms with Gasteiger partial charge in [-0.05, 0) is 17.7 Å². The lowest BCUT2D eigenvalue weighted by molar-refractivity contribution is -0.280. The maximum atomic E-state index is 11.8. The SMILES string of the molecule is COC(=O)c1nnn(Cc2ccc(Cl)cc2)c1[O-]. The predicted molar refractivity (Wildman–Crippen MR) is 61.4 cm³/mol. The molecule has 0 aliphatic heterocycles. The molecule has 0 saturated heterocycles. The van der Waals surface area contributed by atoms with Crippen LogP contribution in [0.4, 0.5) is 0 Å². The number of halogens is 1. The molecule has 1 heterocycles. The summed E-state index contributed by atoms with van der Waals surface area (Å²) in [6.45, 7) is 0.222. The van der Waals surface area contributed by atoms with Gasteiger partial charge in [0.15, 0.2) is 5.69 Å². The Bertz CT molecular complexity index is 565. The number of rotatable bonds is 3. The molecule has 6 nitrogen and oxygen atoms in total. The smallest absolute Gasteiger partial charge is 0.359 e. The number of nitrogens with zero attached hydrogens (tertiary/aromatic N) is 3. The predicted octanol–water partition coefficient (Wildman–Crippen LogP) is 0.840. The molecule has 18 heavy (non-hydrogen) atoms. The van der Waals surface area contributed by atoms with E-state index in [0.29, 0.717) is 5.02 Å². The largest absolute Gasteiger partial charge is 0.857 e. The van der Waals surface area contributed by atoms with Crippen molar-refractivity contribution < 1.29 is 14.6 Å². The van der Waals surface area contributed by atoms with Gasteiger partial charge in [-0.15, -0.1) is 5.10 Å². The Hall–Kier alpha value is -2.08. The van der Waals surface area contributed by atoms with Crippen LogP contribution >= 0.6 is 11.6 Å². The molecule has 0 aliphatic carbocycles. The first-order valence-electron chi connectivity index (χ1n) is 5.05. The van der Waals surface area contributed by atoms with Gasteiger partial charge in [-0.3, -0.25) is 4.68 Å². The number of carbonyl (C=O) groups is 1. The van der Waals surface area contributed by atoms with Crippen molar-refractivity contribution in [2.45, 2.75) is 6.54 Å². The van der Waals surface area contributed by atoms with Crippen LogP contribution in [0.5, 0.6) is 5.88 Å². The molecule has 0 spiro atoms. The lowest BCUT2D eigenvalue weighted by Crippen LogP contribution is -2.10. The molecule has 7 heteroatoms. The molecule has 0 saturated carbocycles. The molecule has 0 unspecified atom stereocenters. The van der Waals surface area contributed by atoms with Gasteiger partial charge in [0.1, 0.15) is 0 Å². The fraction of sp³-hybridized carbons (Fsp3) is 0.182. The highest BCUT2D eigenvalue weighted by molar-refractivity contribution is 6.30. The summed E-state index contributed by atoms with van der Waals surface area (Å²) in [5.41, 5.74) is 0.518. The van der Waals surface area contributed by atoms with E-state index in [1.807, 2.05) is 0 Å². The van der Waals surface area contributed by atoms with E-state index >= 15 is 0 Å². The quantitative estimate of drug-likeness (QED) is 0.769. The van der Waals surface area contributed by atoms with Crippen molar-refractivity contribution in [2.24, 2.45) is 0 Å². The lowest BCUT2D eigenvalue weighted by atomic mass is 10.2. The third kappa shape index (κ3) is 2.43. The van der Waals surface area contributed by atoms with Crippen molar-refractivity contribution in [2.75, 3.05) is 7.11 Å². The second kappa shape index (κ2) is 5.05. The summed E-state index contributed by atoms with van der Waals surface area (Å²) in [6.07, 6.45) is 0. The molecule has 2 aromatic rings. The van der Waals surface area contributed by atoms with E-state index < -0.39 is 11.8 Å². The molecule has 1 aromatic heterocycles. The zero-order valence-electron chi connectivity index (χ0n) is 9.46. The van der Waals surface area contributed by atoms with Crippen molar-refractivity contribution in [3.63, 3.8) is 0 Å². The van der Waals surface area contributed by atoms with Crippen LogP contribution in [0.25, 0.3) is 0 Å². The minimum absolute atomic E-state index is 0.222. The van der Waals surface area contributed by atoms with Crippen LogP contribution in [0, 0.1) is 0 Å². The summed E-state index contributed by atoms with van der Waals surface area (Å²) in [5.74, 6) is -1.36. The fourth-order valence-electron chi connectivity index (χ4n) is 1.40. The van der Waals surface area contributed by atoms with Gasteiger partial charge in [0.25, 0.3) is 0 Å². The van der Waals surface area contributed by atoms with E-state index in [0.717, 1.165) is 10.2 Å². The van der Waals surface area contributed by atoms with E-state index in [-0.39, 0.29) is 12.2 Å². The van der Waals surface area contributed by atoms with Crippen molar-refractivity contribution in [3.05, 3.63) is 40.5 Å². The van der Waals surface area contributed by atoms with Gasteiger partial charge in [-0.2, -0.15) is 0 Å². The summed E-state index contributed by atoms with van der Waals surface area (Å²) >= 11 is 5.75. The number of ether oxygens (including phenoxy) is 1. The van der Waals surface area contributed by atoms with Crippen LogP contribution in [0.2, 0.25) is 5.02 Å². The standard InChI is InChI=1S/C11H10ClN3O3/c1-18-11(17)9-10(16)15(14-13-9)6-7-2-4-8(12)5-3-7/h2-5,16H,6H2,1H3/p-1. The van der Waals surface area contributed by atoms with E-state index in [9.17, 15) is 9.90 Å². The van der Waals surface area contributed by atoms with Gasteiger partial charge >= 0.3 is 5.97 Å². The summed E-state index contributed by atoms with van der Waals surface area (Å²) in [5, 5.41) is 19.5. The van der Waals surface area contributed by atoms with Crippen LogP contribution in [-0.4, -0.2) is 28.1 Å². The van der Waals surface area contributed by atoms with Crippen LogP contribution in [0.1, 0.15) is 16.1 Å². The number of carbonyl (C=O) groups excluding carboxylic acids is 1. The van der Waals surface area contributed by atoms with Crippen LogP contribution in [0.15, 0.2) is 24.3 Å².